The molecule has 20 heavy (non-hydrogen) atoms. The van der Waals surface area contributed by atoms with Crippen LogP contribution in [0.25, 0.3) is 10.8 Å². The van der Waals surface area contributed by atoms with Gasteiger partial charge in [0.1, 0.15) is 18.5 Å². The van der Waals surface area contributed by atoms with Gasteiger partial charge in [-0.2, -0.15) is 0 Å². The summed E-state index contributed by atoms with van der Waals surface area (Å²) in [7, 11) is 0. The number of amides is 1. The van der Waals surface area contributed by atoms with E-state index in [0.29, 0.717) is 5.89 Å². The lowest BCUT2D eigenvalue weighted by molar-refractivity contribution is -0.921. The van der Waals surface area contributed by atoms with E-state index in [2.05, 4.69) is 4.98 Å². The number of hydrogen-bond donors (Lipinski definition) is 2. The highest BCUT2D eigenvalue weighted by atomic mass is 32.1. The molecule has 0 bridgehead atoms. The van der Waals surface area contributed by atoms with Crippen LogP contribution in [0, 0.1) is 5.92 Å². The minimum atomic E-state index is -0.179. The van der Waals surface area contributed by atoms with Crippen molar-refractivity contribution in [2.75, 3.05) is 13.1 Å². The first kappa shape index (κ1) is 13.3. The second kappa shape index (κ2) is 5.76. The number of thiophene rings is 1. The van der Waals surface area contributed by atoms with Crippen molar-refractivity contribution >= 4 is 17.2 Å². The van der Waals surface area contributed by atoms with Gasteiger partial charge < -0.3 is 15.1 Å². The summed E-state index contributed by atoms with van der Waals surface area (Å²) < 4.78 is 5.52. The van der Waals surface area contributed by atoms with Crippen LogP contribution in [-0.2, 0) is 11.3 Å². The number of piperidine rings is 1. The summed E-state index contributed by atoms with van der Waals surface area (Å²) in [6.45, 7) is 2.65. The lowest BCUT2D eigenvalue weighted by atomic mass is 9.97. The Balaban J connectivity index is 1.64. The van der Waals surface area contributed by atoms with Crippen LogP contribution in [0.4, 0.5) is 0 Å². The predicted octanol–water partition coefficient (Wildman–Crippen LogP) is 0.683. The fraction of sp³-hybridized carbons (Fsp3) is 0.429. The first-order valence-corrected chi connectivity index (χ1v) is 7.71. The Bertz CT molecular complexity index is 579. The number of hydrogen-bond acceptors (Lipinski definition) is 4. The average molecular weight is 292 g/mol. The SMILES string of the molecule is NC(=O)[C@@H]1CCC[NH+](Cc2coc(-c3cccs3)n2)C1. The highest BCUT2D eigenvalue weighted by Gasteiger charge is 2.27. The molecule has 3 rings (SSSR count). The van der Waals surface area contributed by atoms with Gasteiger partial charge in [0.2, 0.25) is 11.8 Å². The van der Waals surface area contributed by atoms with Crippen LogP contribution in [-0.4, -0.2) is 24.0 Å². The second-order valence-corrected chi connectivity index (χ2v) is 6.19. The quantitative estimate of drug-likeness (QED) is 0.870. The molecule has 0 aromatic carbocycles. The molecule has 1 unspecified atom stereocenters. The number of nitrogens with two attached hydrogens (primary N) is 1. The van der Waals surface area contributed by atoms with Crippen molar-refractivity contribution in [1.29, 1.82) is 0 Å². The smallest absolute Gasteiger partial charge is 0.236 e. The van der Waals surface area contributed by atoms with Gasteiger partial charge in [-0.05, 0) is 24.3 Å². The Morgan fingerprint density at radius 1 is 1.60 bits per heavy atom. The summed E-state index contributed by atoms with van der Waals surface area (Å²) in [5, 5.41) is 2.01. The minimum Gasteiger partial charge on any atom is -0.443 e. The van der Waals surface area contributed by atoms with Gasteiger partial charge in [0.25, 0.3) is 0 Å². The summed E-state index contributed by atoms with van der Waals surface area (Å²) in [6, 6.07) is 3.98. The molecular formula is C14H18N3O2S+. The van der Waals surface area contributed by atoms with E-state index >= 15 is 0 Å². The third-order valence-electron chi connectivity index (χ3n) is 3.74. The molecule has 1 aliphatic heterocycles. The number of nitrogens with one attached hydrogen (secondary N) is 1. The Kier molecular flexibility index (Phi) is 3.84. The van der Waals surface area contributed by atoms with Crippen LogP contribution in [0.1, 0.15) is 18.5 Å². The van der Waals surface area contributed by atoms with Crippen molar-refractivity contribution in [2.45, 2.75) is 19.4 Å². The van der Waals surface area contributed by atoms with Crippen molar-refractivity contribution in [1.82, 2.24) is 4.98 Å². The number of quaternary nitrogens is 1. The number of rotatable bonds is 4. The topological polar surface area (TPSA) is 73.6 Å². The van der Waals surface area contributed by atoms with Gasteiger partial charge in [0.15, 0.2) is 0 Å². The highest BCUT2D eigenvalue weighted by molar-refractivity contribution is 7.13. The lowest BCUT2D eigenvalue weighted by Gasteiger charge is -2.27. The molecular weight excluding hydrogens is 274 g/mol. The third-order valence-corrected chi connectivity index (χ3v) is 4.59. The summed E-state index contributed by atoms with van der Waals surface area (Å²) in [5.74, 6) is 0.502. The van der Waals surface area contributed by atoms with Gasteiger partial charge in [-0.1, -0.05) is 6.07 Å². The van der Waals surface area contributed by atoms with Gasteiger partial charge in [0, 0.05) is 0 Å². The number of likely N-dealkylation sites (tertiary alicyclic amines) is 1. The lowest BCUT2D eigenvalue weighted by Crippen LogP contribution is -3.12. The fourth-order valence-electron chi connectivity index (χ4n) is 2.71. The first-order valence-electron chi connectivity index (χ1n) is 6.83. The molecule has 3 heterocycles. The molecule has 1 aliphatic rings. The Morgan fingerprint density at radius 3 is 3.25 bits per heavy atom. The largest absolute Gasteiger partial charge is 0.443 e. The van der Waals surface area contributed by atoms with Crippen molar-refractivity contribution in [3.05, 3.63) is 29.5 Å². The van der Waals surface area contributed by atoms with Crippen LogP contribution in [0.5, 0.6) is 0 Å². The van der Waals surface area contributed by atoms with Gasteiger partial charge in [0.05, 0.1) is 23.9 Å². The van der Waals surface area contributed by atoms with Gasteiger partial charge >= 0.3 is 0 Å². The van der Waals surface area contributed by atoms with E-state index in [0.717, 1.165) is 43.0 Å². The minimum absolute atomic E-state index is 0.00224. The average Bonchev–Trinajstić information content (AvgIpc) is 3.09. The molecule has 1 saturated heterocycles. The number of aromatic nitrogens is 1. The number of carbonyl (C=O) groups excluding carboxylic acids is 1. The Labute approximate surface area is 121 Å². The van der Waals surface area contributed by atoms with Crippen LogP contribution in [0.3, 0.4) is 0 Å². The predicted molar refractivity (Wildman–Crippen MR) is 76.1 cm³/mol. The third kappa shape index (κ3) is 2.91. The van der Waals surface area contributed by atoms with E-state index in [1.807, 2.05) is 17.5 Å². The molecule has 2 aromatic rings. The number of oxazole rings is 1. The van der Waals surface area contributed by atoms with Crippen molar-refractivity contribution in [2.24, 2.45) is 11.7 Å². The molecule has 1 fully saturated rings. The first-order chi connectivity index (χ1) is 9.72. The van der Waals surface area contributed by atoms with E-state index in [4.69, 9.17) is 10.2 Å². The van der Waals surface area contributed by atoms with E-state index < -0.39 is 0 Å². The van der Waals surface area contributed by atoms with E-state index in [9.17, 15) is 4.79 Å². The van der Waals surface area contributed by atoms with Crippen molar-refractivity contribution in [3.8, 4) is 10.8 Å². The van der Waals surface area contributed by atoms with E-state index in [1.165, 1.54) is 4.90 Å². The molecule has 2 atom stereocenters. The molecule has 106 valence electrons. The van der Waals surface area contributed by atoms with Crippen LogP contribution in [0.15, 0.2) is 28.2 Å². The standard InChI is InChI=1S/C14H17N3O2S/c15-13(18)10-3-1-5-17(7-10)8-11-9-19-14(16-11)12-4-2-6-20-12/h2,4,6,9-10H,1,3,5,7-8H2,(H2,15,18)/p+1/t10-/m1/s1. The molecule has 2 aromatic heterocycles. The molecule has 1 amide bonds. The Hall–Kier alpha value is -1.66. The van der Waals surface area contributed by atoms with Gasteiger partial charge in [-0.25, -0.2) is 4.98 Å². The van der Waals surface area contributed by atoms with Crippen molar-refractivity contribution in [3.63, 3.8) is 0 Å². The van der Waals surface area contributed by atoms with E-state index in [1.54, 1.807) is 17.6 Å². The molecule has 0 radical (unpaired) electrons. The maximum absolute atomic E-state index is 11.3. The molecule has 0 aliphatic carbocycles. The van der Waals surface area contributed by atoms with Crippen LogP contribution in [0.2, 0.25) is 0 Å². The maximum Gasteiger partial charge on any atom is 0.236 e. The zero-order valence-corrected chi connectivity index (χ0v) is 12.0. The summed E-state index contributed by atoms with van der Waals surface area (Å²) in [6.07, 6.45) is 3.67. The van der Waals surface area contributed by atoms with Crippen LogP contribution >= 0.6 is 11.3 Å². The number of primary amides is 1. The highest BCUT2D eigenvalue weighted by Crippen LogP contribution is 2.23. The van der Waals surface area contributed by atoms with Gasteiger partial charge in [-0.3, -0.25) is 4.79 Å². The summed E-state index contributed by atoms with van der Waals surface area (Å²) >= 11 is 1.62. The Morgan fingerprint density at radius 2 is 2.50 bits per heavy atom. The molecule has 0 saturated carbocycles. The molecule has 3 N–H and O–H groups in total. The summed E-state index contributed by atoms with van der Waals surface area (Å²) in [5.41, 5.74) is 6.34. The van der Waals surface area contributed by atoms with Crippen LogP contribution < -0.4 is 10.6 Å². The zero-order valence-electron chi connectivity index (χ0n) is 11.2. The van der Waals surface area contributed by atoms with E-state index in [-0.39, 0.29) is 11.8 Å². The molecule has 5 nitrogen and oxygen atoms in total. The monoisotopic (exact) mass is 292 g/mol. The molecule has 0 spiro atoms. The maximum atomic E-state index is 11.3. The van der Waals surface area contributed by atoms with Crippen molar-refractivity contribution < 1.29 is 14.1 Å². The number of nitrogens with zero attached hydrogens (tertiary/aromatic N) is 1. The van der Waals surface area contributed by atoms with Gasteiger partial charge in [-0.15, -0.1) is 11.3 Å². The number of carbonyl (C=O) groups is 1. The second-order valence-electron chi connectivity index (χ2n) is 5.24. The summed E-state index contributed by atoms with van der Waals surface area (Å²) in [4.78, 5) is 18.2. The molecule has 6 heteroatoms. The normalized spacial score (nSPS) is 22.8. The zero-order chi connectivity index (χ0) is 13.9. The fourth-order valence-corrected chi connectivity index (χ4v) is 3.37.